The van der Waals surface area contributed by atoms with Crippen molar-refractivity contribution in [2.45, 2.75) is 12.8 Å². The number of halogens is 1. The van der Waals surface area contributed by atoms with Gasteiger partial charge in [-0.05, 0) is 35.9 Å². The van der Waals surface area contributed by atoms with Gasteiger partial charge in [0, 0.05) is 19.5 Å². The van der Waals surface area contributed by atoms with Gasteiger partial charge in [-0.1, -0.05) is 0 Å². The maximum absolute atomic E-state index is 11.2. The van der Waals surface area contributed by atoms with Gasteiger partial charge in [0.1, 0.15) is 0 Å². The Morgan fingerprint density at radius 3 is 2.87 bits per heavy atom. The predicted molar refractivity (Wildman–Crippen MR) is 66.8 cm³/mol. The number of hydrogen-bond acceptors (Lipinski definition) is 3. The molecule has 86 valence electrons. The van der Waals surface area contributed by atoms with Crippen LogP contribution in [0.4, 0.5) is 0 Å². The summed E-state index contributed by atoms with van der Waals surface area (Å²) in [5, 5.41) is 9.99. The highest BCUT2D eigenvalue weighted by Gasteiger charge is 1.99. The van der Waals surface area contributed by atoms with E-state index in [2.05, 4.69) is 27.5 Å². The molecule has 0 aliphatic carbocycles. The first-order chi connectivity index (χ1) is 6.83. The maximum Gasteiger partial charge on any atom is 0.221 e. The van der Waals surface area contributed by atoms with E-state index in [0.29, 0.717) is 6.42 Å². The zero-order valence-corrected chi connectivity index (χ0v) is 10.4. The molecule has 0 atom stereocenters. The largest absolute Gasteiger partial charge is 0.356 e. The standard InChI is InChI=1S/C10H16N2OS.ClH/c1-11-5-3-10(13)12-6-2-9-4-7-14-8-9;/h4,7-8,11H,2-3,5-6H2,1H3,(H,12,13);1H. The van der Waals surface area contributed by atoms with Crippen LogP contribution in [0.25, 0.3) is 0 Å². The van der Waals surface area contributed by atoms with Gasteiger partial charge in [0.05, 0.1) is 0 Å². The van der Waals surface area contributed by atoms with Gasteiger partial charge >= 0.3 is 0 Å². The van der Waals surface area contributed by atoms with Crippen LogP contribution in [0.3, 0.4) is 0 Å². The normalized spacial score (nSPS) is 9.40. The Hall–Kier alpha value is -0.580. The molecule has 5 heteroatoms. The van der Waals surface area contributed by atoms with Crippen molar-refractivity contribution in [2.24, 2.45) is 0 Å². The van der Waals surface area contributed by atoms with Gasteiger partial charge in [0.25, 0.3) is 0 Å². The van der Waals surface area contributed by atoms with Gasteiger partial charge in [0.2, 0.25) is 5.91 Å². The number of rotatable bonds is 6. The molecule has 3 nitrogen and oxygen atoms in total. The van der Waals surface area contributed by atoms with Crippen molar-refractivity contribution in [3.05, 3.63) is 22.4 Å². The lowest BCUT2D eigenvalue weighted by molar-refractivity contribution is -0.120. The van der Waals surface area contributed by atoms with E-state index in [1.54, 1.807) is 11.3 Å². The van der Waals surface area contributed by atoms with E-state index in [4.69, 9.17) is 0 Å². The molecule has 1 heterocycles. The van der Waals surface area contributed by atoms with Crippen molar-refractivity contribution in [1.29, 1.82) is 0 Å². The topological polar surface area (TPSA) is 41.1 Å². The minimum atomic E-state index is 0. The predicted octanol–water partition coefficient (Wildman–Crippen LogP) is 1.44. The molecule has 0 spiro atoms. The summed E-state index contributed by atoms with van der Waals surface area (Å²) in [7, 11) is 1.85. The third-order valence-electron chi connectivity index (χ3n) is 1.92. The van der Waals surface area contributed by atoms with E-state index in [1.165, 1.54) is 5.56 Å². The van der Waals surface area contributed by atoms with Crippen LogP contribution >= 0.6 is 23.7 Å². The second-order valence-corrected chi connectivity index (χ2v) is 3.87. The average molecular weight is 249 g/mol. The number of thiophene rings is 1. The molecule has 0 aromatic carbocycles. The lowest BCUT2D eigenvalue weighted by Gasteiger charge is -2.03. The Kier molecular flexibility index (Phi) is 8.37. The molecule has 0 aliphatic rings. The fraction of sp³-hybridized carbons (Fsp3) is 0.500. The third-order valence-corrected chi connectivity index (χ3v) is 2.65. The third kappa shape index (κ3) is 6.49. The Labute approximate surface area is 101 Å². The van der Waals surface area contributed by atoms with Crippen LogP contribution in [0.2, 0.25) is 0 Å². The summed E-state index contributed by atoms with van der Waals surface area (Å²) in [5.41, 5.74) is 1.30. The van der Waals surface area contributed by atoms with Gasteiger partial charge in [-0.3, -0.25) is 4.79 Å². The second kappa shape index (κ2) is 8.71. The number of carbonyl (C=O) groups excluding carboxylic acids is 1. The van der Waals surface area contributed by atoms with Crippen molar-refractivity contribution < 1.29 is 4.79 Å². The SMILES string of the molecule is CNCCC(=O)NCCc1ccsc1.Cl. The van der Waals surface area contributed by atoms with Crippen LogP contribution in [-0.4, -0.2) is 26.0 Å². The summed E-state index contributed by atoms with van der Waals surface area (Å²) in [5.74, 6) is 0.120. The highest BCUT2D eigenvalue weighted by molar-refractivity contribution is 7.07. The van der Waals surface area contributed by atoms with E-state index >= 15 is 0 Å². The van der Waals surface area contributed by atoms with Gasteiger partial charge in [-0.2, -0.15) is 11.3 Å². The van der Waals surface area contributed by atoms with Crippen molar-refractivity contribution in [1.82, 2.24) is 10.6 Å². The minimum absolute atomic E-state index is 0. The number of hydrogen-bond donors (Lipinski definition) is 2. The maximum atomic E-state index is 11.2. The van der Waals surface area contributed by atoms with Gasteiger partial charge < -0.3 is 10.6 Å². The number of amides is 1. The molecule has 0 aliphatic heterocycles. The number of carbonyl (C=O) groups is 1. The van der Waals surface area contributed by atoms with Crippen LogP contribution in [0.1, 0.15) is 12.0 Å². The smallest absolute Gasteiger partial charge is 0.221 e. The van der Waals surface area contributed by atoms with Crippen molar-refractivity contribution in [3.63, 3.8) is 0 Å². The van der Waals surface area contributed by atoms with E-state index < -0.39 is 0 Å². The molecule has 1 rings (SSSR count). The Bertz CT molecular complexity index is 264. The van der Waals surface area contributed by atoms with Crippen molar-refractivity contribution in [3.8, 4) is 0 Å². The first kappa shape index (κ1) is 14.4. The molecule has 0 bridgehead atoms. The molecular weight excluding hydrogens is 232 g/mol. The second-order valence-electron chi connectivity index (χ2n) is 3.09. The molecule has 1 aromatic rings. The molecule has 0 saturated heterocycles. The average Bonchev–Trinajstić information content (AvgIpc) is 2.67. The fourth-order valence-electron chi connectivity index (χ4n) is 1.11. The van der Waals surface area contributed by atoms with Crippen LogP contribution < -0.4 is 10.6 Å². The lowest BCUT2D eigenvalue weighted by Crippen LogP contribution is -2.28. The first-order valence-electron chi connectivity index (χ1n) is 4.75. The lowest BCUT2D eigenvalue weighted by atomic mass is 10.2. The molecule has 1 amide bonds. The molecule has 0 fully saturated rings. The summed E-state index contributed by atoms with van der Waals surface area (Å²) in [4.78, 5) is 11.2. The Balaban J connectivity index is 0.00000196. The first-order valence-corrected chi connectivity index (χ1v) is 5.69. The van der Waals surface area contributed by atoms with Gasteiger partial charge in [0.15, 0.2) is 0 Å². The summed E-state index contributed by atoms with van der Waals surface area (Å²) >= 11 is 1.69. The molecule has 0 radical (unpaired) electrons. The zero-order valence-electron chi connectivity index (χ0n) is 8.79. The molecule has 0 saturated carbocycles. The summed E-state index contributed by atoms with van der Waals surface area (Å²) in [6.45, 7) is 1.48. The van der Waals surface area contributed by atoms with E-state index in [1.807, 2.05) is 7.05 Å². The summed E-state index contributed by atoms with van der Waals surface area (Å²) < 4.78 is 0. The van der Waals surface area contributed by atoms with Crippen molar-refractivity contribution in [2.75, 3.05) is 20.1 Å². The fourth-order valence-corrected chi connectivity index (χ4v) is 1.81. The van der Waals surface area contributed by atoms with E-state index in [9.17, 15) is 4.79 Å². The zero-order chi connectivity index (χ0) is 10.2. The molecule has 15 heavy (non-hydrogen) atoms. The van der Waals surface area contributed by atoms with E-state index in [0.717, 1.165) is 19.5 Å². The summed E-state index contributed by atoms with van der Waals surface area (Å²) in [6.07, 6.45) is 1.48. The van der Waals surface area contributed by atoms with Crippen molar-refractivity contribution >= 4 is 29.7 Å². The molecule has 0 unspecified atom stereocenters. The molecular formula is C10H17ClN2OS. The van der Waals surface area contributed by atoms with Gasteiger partial charge in [-0.15, -0.1) is 12.4 Å². The van der Waals surface area contributed by atoms with Crippen LogP contribution in [0.15, 0.2) is 16.8 Å². The Morgan fingerprint density at radius 2 is 2.27 bits per heavy atom. The minimum Gasteiger partial charge on any atom is -0.356 e. The Morgan fingerprint density at radius 1 is 1.47 bits per heavy atom. The molecule has 2 N–H and O–H groups in total. The van der Waals surface area contributed by atoms with E-state index in [-0.39, 0.29) is 18.3 Å². The van der Waals surface area contributed by atoms with Crippen LogP contribution in [-0.2, 0) is 11.2 Å². The highest BCUT2D eigenvalue weighted by atomic mass is 35.5. The van der Waals surface area contributed by atoms with Gasteiger partial charge in [-0.25, -0.2) is 0 Å². The highest BCUT2D eigenvalue weighted by Crippen LogP contribution is 2.05. The quantitative estimate of drug-likeness (QED) is 0.800. The molecule has 1 aromatic heterocycles. The summed E-state index contributed by atoms with van der Waals surface area (Å²) in [6, 6.07) is 2.09. The van der Waals surface area contributed by atoms with Crippen LogP contribution in [0.5, 0.6) is 0 Å². The number of nitrogens with one attached hydrogen (secondary N) is 2. The monoisotopic (exact) mass is 248 g/mol. The van der Waals surface area contributed by atoms with Crippen LogP contribution in [0, 0.1) is 0 Å².